The Kier molecular flexibility index (Phi) is 2.91. The summed E-state index contributed by atoms with van der Waals surface area (Å²) in [6, 6.07) is 5.94. The van der Waals surface area contributed by atoms with E-state index in [1.54, 1.807) is 19.1 Å². The molecule has 0 spiro atoms. The van der Waals surface area contributed by atoms with Gasteiger partial charge >= 0.3 is 5.97 Å². The fraction of sp³-hybridized carbons (Fsp3) is 0.167. The smallest absolute Gasteiger partial charge is 0.354 e. The second-order valence-electron chi connectivity index (χ2n) is 3.74. The average molecular weight is 234 g/mol. The molecule has 4 nitrogen and oxygen atoms in total. The number of carboxylic acid groups (broad SMARTS) is 1. The molecule has 0 aliphatic heterocycles. The molecule has 88 valence electrons. The Balaban J connectivity index is 2.30. The van der Waals surface area contributed by atoms with Crippen molar-refractivity contribution in [3.05, 3.63) is 53.4 Å². The van der Waals surface area contributed by atoms with E-state index in [1.807, 2.05) is 0 Å². The molecule has 0 fully saturated rings. The number of aryl methyl sites for hydroxylation is 1. The molecule has 2 aromatic rings. The first-order valence-electron chi connectivity index (χ1n) is 5.07. The minimum Gasteiger partial charge on any atom is -0.477 e. The number of aromatic carboxylic acids is 1. The minimum atomic E-state index is -1.01. The lowest BCUT2D eigenvalue weighted by Crippen LogP contribution is -2.09. The first-order chi connectivity index (χ1) is 8.08. The lowest BCUT2D eigenvalue weighted by molar-refractivity contribution is 0.0685. The second kappa shape index (κ2) is 4.37. The number of hydrogen-bond donors (Lipinski definition) is 1. The third kappa shape index (κ3) is 2.33. The number of benzene rings is 1. The van der Waals surface area contributed by atoms with Crippen molar-refractivity contribution in [3.8, 4) is 0 Å². The minimum absolute atomic E-state index is 0.161. The van der Waals surface area contributed by atoms with Gasteiger partial charge in [0.25, 0.3) is 0 Å². The molecule has 0 unspecified atom stereocenters. The summed E-state index contributed by atoms with van der Waals surface area (Å²) < 4.78 is 14.3. The molecule has 0 aliphatic carbocycles. The number of carbonyl (C=O) groups is 1. The number of halogens is 1. The molecule has 0 radical (unpaired) electrons. The lowest BCUT2D eigenvalue weighted by atomic mass is 10.2. The van der Waals surface area contributed by atoms with E-state index in [4.69, 9.17) is 5.11 Å². The molecule has 1 aromatic heterocycles. The van der Waals surface area contributed by atoms with E-state index in [0.29, 0.717) is 12.2 Å². The molecule has 2 rings (SSSR count). The average Bonchev–Trinajstić information content (AvgIpc) is 2.63. The van der Waals surface area contributed by atoms with E-state index in [1.165, 1.54) is 23.0 Å². The maximum absolute atomic E-state index is 12.7. The predicted molar refractivity (Wildman–Crippen MR) is 59.4 cm³/mol. The molecule has 0 saturated heterocycles. The van der Waals surface area contributed by atoms with Crippen LogP contribution in [0.2, 0.25) is 0 Å². The fourth-order valence-electron chi connectivity index (χ4n) is 1.67. The van der Waals surface area contributed by atoms with Crippen LogP contribution in [0.4, 0.5) is 4.39 Å². The number of aromatic nitrogens is 2. The van der Waals surface area contributed by atoms with Gasteiger partial charge in [0.2, 0.25) is 0 Å². The van der Waals surface area contributed by atoms with Crippen molar-refractivity contribution in [2.24, 2.45) is 0 Å². The fourth-order valence-corrected chi connectivity index (χ4v) is 1.67. The molecule has 1 aromatic carbocycles. The van der Waals surface area contributed by atoms with E-state index >= 15 is 0 Å². The Bertz CT molecular complexity index is 546. The highest BCUT2D eigenvalue weighted by molar-refractivity contribution is 5.86. The molecule has 0 bridgehead atoms. The molecule has 0 aliphatic rings. The van der Waals surface area contributed by atoms with Crippen molar-refractivity contribution in [1.82, 2.24) is 9.55 Å². The molecule has 1 N–H and O–H groups in total. The monoisotopic (exact) mass is 234 g/mol. The molecule has 0 saturated carbocycles. The maximum Gasteiger partial charge on any atom is 0.354 e. The van der Waals surface area contributed by atoms with E-state index in [-0.39, 0.29) is 11.5 Å². The molecule has 0 amide bonds. The van der Waals surface area contributed by atoms with Gasteiger partial charge in [-0.1, -0.05) is 12.1 Å². The van der Waals surface area contributed by atoms with Crippen LogP contribution in [0.1, 0.15) is 21.7 Å². The van der Waals surface area contributed by atoms with Gasteiger partial charge in [0.1, 0.15) is 11.5 Å². The number of imidazole rings is 1. The molecule has 1 heterocycles. The highest BCUT2D eigenvalue weighted by Gasteiger charge is 2.14. The Morgan fingerprint density at radius 2 is 2.06 bits per heavy atom. The van der Waals surface area contributed by atoms with E-state index in [9.17, 15) is 9.18 Å². The summed E-state index contributed by atoms with van der Waals surface area (Å²) in [5.74, 6) is -1.32. The van der Waals surface area contributed by atoms with Gasteiger partial charge in [-0.05, 0) is 24.6 Å². The van der Waals surface area contributed by atoms with Crippen molar-refractivity contribution in [2.45, 2.75) is 13.5 Å². The summed E-state index contributed by atoms with van der Waals surface area (Å²) >= 11 is 0. The summed E-state index contributed by atoms with van der Waals surface area (Å²) in [6.45, 7) is 2.01. The largest absolute Gasteiger partial charge is 0.477 e. The van der Waals surface area contributed by atoms with Crippen LogP contribution in [0.3, 0.4) is 0 Å². The SMILES string of the molecule is Cc1ncn(Cc2ccc(F)cc2)c1C(=O)O. The highest BCUT2D eigenvalue weighted by atomic mass is 19.1. The van der Waals surface area contributed by atoms with Crippen LogP contribution < -0.4 is 0 Å². The Morgan fingerprint density at radius 3 is 2.65 bits per heavy atom. The zero-order valence-electron chi connectivity index (χ0n) is 9.22. The highest BCUT2D eigenvalue weighted by Crippen LogP contribution is 2.10. The van der Waals surface area contributed by atoms with Crippen LogP contribution in [0.25, 0.3) is 0 Å². The molecular weight excluding hydrogens is 223 g/mol. The lowest BCUT2D eigenvalue weighted by Gasteiger charge is -2.05. The van der Waals surface area contributed by atoms with Gasteiger partial charge in [-0.3, -0.25) is 0 Å². The van der Waals surface area contributed by atoms with E-state index < -0.39 is 5.97 Å². The van der Waals surface area contributed by atoms with Crippen molar-refractivity contribution in [3.63, 3.8) is 0 Å². The quantitative estimate of drug-likeness (QED) is 0.884. The number of carboxylic acids is 1. The topological polar surface area (TPSA) is 55.1 Å². The first kappa shape index (κ1) is 11.3. The van der Waals surface area contributed by atoms with Crippen LogP contribution in [0.15, 0.2) is 30.6 Å². The summed E-state index contributed by atoms with van der Waals surface area (Å²) in [4.78, 5) is 15.0. The number of nitrogens with zero attached hydrogens (tertiary/aromatic N) is 2. The molecule has 0 atom stereocenters. The van der Waals surface area contributed by atoms with Crippen molar-refractivity contribution >= 4 is 5.97 Å². The molecule has 17 heavy (non-hydrogen) atoms. The van der Waals surface area contributed by atoms with Crippen LogP contribution in [0.5, 0.6) is 0 Å². The second-order valence-corrected chi connectivity index (χ2v) is 3.74. The summed E-state index contributed by atoms with van der Waals surface area (Å²) in [5, 5.41) is 9.04. The Hall–Kier alpha value is -2.17. The van der Waals surface area contributed by atoms with Crippen LogP contribution in [0, 0.1) is 12.7 Å². The van der Waals surface area contributed by atoms with Crippen molar-refractivity contribution in [1.29, 1.82) is 0 Å². The zero-order valence-corrected chi connectivity index (χ0v) is 9.22. The van der Waals surface area contributed by atoms with Gasteiger partial charge in [0, 0.05) is 6.54 Å². The third-order valence-corrected chi connectivity index (χ3v) is 2.49. The molecular formula is C12H11FN2O2. The standard InChI is InChI=1S/C12H11FN2O2/c1-8-11(12(16)17)15(7-14-8)6-9-2-4-10(13)5-3-9/h2-5,7H,6H2,1H3,(H,16,17). The van der Waals surface area contributed by atoms with Gasteiger partial charge in [0.15, 0.2) is 0 Å². The number of hydrogen-bond acceptors (Lipinski definition) is 2. The van der Waals surface area contributed by atoms with Crippen LogP contribution >= 0.6 is 0 Å². The number of rotatable bonds is 3. The first-order valence-corrected chi connectivity index (χ1v) is 5.07. The van der Waals surface area contributed by atoms with E-state index in [2.05, 4.69) is 4.98 Å². The van der Waals surface area contributed by atoms with Crippen molar-refractivity contribution < 1.29 is 14.3 Å². The van der Waals surface area contributed by atoms with Gasteiger partial charge in [-0.2, -0.15) is 0 Å². The van der Waals surface area contributed by atoms with Crippen LogP contribution in [-0.2, 0) is 6.54 Å². The van der Waals surface area contributed by atoms with Gasteiger partial charge in [-0.25, -0.2) is 14.2 Å². The normalized spacial score (nSPS) is 10.5. The van der Waals surface area contributed by atoms with Gasteiger partial charge in [-0.15, -0.1) is 0 Å². The summed E-state index contributed by atoms with van der Waals surface area (Å²) in [7, 11) is 0. The summed E-state index contributed by atoms with van der Waals surface area (Å²) in [6.07, 6.45) is 1.47. The van der Waals surface area contributed by atoms with Crippen molar-refractivity contribution in [2.75, 3.05) is 0 Å². The zero-order chi connectivity index (χ0) is 12.4. The Labute approximate surface area is 97.3 Å². The third-order valence-electron chi connectivity index (χ3n) is 2.49. The molecule has 5 heteroatoms. The van der Waals surface area contributed by atoms with Crippen LogP contribution in [-0.4, -0.2) is 20.6 Å². The Morgan fingerprint density at radius 1 is 1.41 bits per heavy atom. The van der Waals surface area contributed by atoms with Gasteiger partial charge < -0.3 is 9.67 Å². The predicted octanol–water partition coefficient (Wildman–Crippen LogP) is 2.08. The van der Waals surface area contributed by atoms with Gasteiger partial charge in [0.05, 0.1) is 12.0 Å². The maximum atomic E-state index is 12.7. The van der Waals surface area contributed by atoms with E-state index in [0.717, 1.165) is 5.56 Å². The summed E-state index contributed by atoms with van der Waals surface area (Å²) in [5.41, 5.74) is 1.46.